The van der Waals surface area contributed by atoms with Crippen LogP contribution in [0.1, 0.15) is 28.6 Å². The van der Waals surface area contributed by atoms with Crippen molar-refractivity contribution in [3.63, 3.8) is 0 Å². The third kappa shape index (κ3) is 2.39. The van der Waals surface area contributed by atoms with Gasteiger partial charge in [-0.3, -0.25) is 0 Å². The zero-order valence-corrected chi connectivity index (χ0v) is 9.02. The molecule has 0 atom stereocenters. The topological polar surface area (TPSA) is 99.0 Å². The number of rotatable bonds is 4. The molecule has 1 N–H and O–H groups in total. The van der Waals surface area contributed by atoms with Crippen LogP contribution in [-0.4, -0.2) is 16.1 Å². The van der Waals surface area contributed by atoms with E-state index in [2.05, 4.69) is 15.0 Å². The summed E-state index contributed by atoms with van der Waals surface area (Å²) < 4.78 is 0. The summed E-state index contributed by atoms with van der Waals surface area (Å²) in [5, 5.41) is 12.9. The second kappa shape index (κ2) is 4.34. The van der Waals surface area contributed by atoms with Crippen LogP contribution in [0.15, 0.2) is 17.0 Å². The van der Waals surface area contributed by atoms with E-state index in [-0.39, 0.29) is 5.70 Å². The van der Waals surface area contributed by atoms with Crippen molar-refractivity contribution in [1.29, 1.82) is 0 Å². The number of thiazole rings is 1. The van der Waals surface area contributed by atoms with Crippen molar-refractivity contribution >= 4 is 23.4 Å². The van der Waals surface area contributed by atoms with Gasteiger partial charge in [-0.25, -0.2) is 9.78 Å². The molecule has 0 aromatic carbocycles. The van der Waals surface area contributed by atoms with Crippen molar-refractivity contribution in [3.05, 3.63) is 32.2 Å². The molecule has 1 aromatic rings. The minimum atomic E-state index is -1.24. The van der Waals surface area contributed by atoms with Crippen molar-refractivity contribution in [1.82, 2.24) is 4.98 Å². The van der Waals surface area contributed by atoms with Crippen molar-refractivity contribution in [2.45, 2.75) is 18.8 Å². The first-order chi connectivity index (χ1) is 7.70. The number of carboxylic acid groups (broad SMARTS) is 1. The van der Waals surface area contributed by atoms with Crippen LogP contribution in [0.4, 0.5) is 0 Å². The normalized spacial score (nSPS) is 15.6. The van der Waals surface area contributed by atoms with E-state index in [0.717, 1.165) is 17.8 Å². The minimum Gasteiger partial charge on any atom is -0.478 e. The van der Waals surface area contributed by atoms with E-state index in [9.17, 15) is 4.79 Å². The maximum Gasteiger partial charge on any atom is 0.338 e. The molecule has 0 spiro atoms. The lowest BCUT2D eigenvalue weighted by Gasteiger charge is -1.89. The molecule has 7 heteroatoms. The van der Waals surface area contributed by atoms with Crippen LogP contribution in [0.25, 0.3) is 16.5 Å². The highest BCUT2D eigenvalue weighted by molar-refractivity contribution is 7.12. The second-order valence-electron chi connectivity index (χ2n) is 3.40. The van der Waals surface area contributed by atoms with Gasteiger partial charge in [-0.05, 0) is 24.4 Å². The fourth-order valence-electron chi connectivity index (χ4n) is 1.20. The third-order valence-electron chi connectivity index (χ3n) is 2.12. The number of nitrogens with zero attached hydrogens (tertiary/aromatic N) is 4. The highest BCUT2D eigenvalue weighted by Gasteiger charge is 2.26. The highest BCUT2D eigenvalue weighted by atomic mass is 32.1. The SMILES string of the molecule is [N-]=[N+]=N/C(=C\c1cnc(C2CC2)s1)C(=O)O. The van der Waals surface area contributed by atoms with E-state index in [1.54, 1.807) is 6.20 Å². The van der Waals surface area contributed by atoms with E-state index in [1.807, 2.05) is 0 Å². The minimum absolute atomic E-state index is 0.312. The molecule has 82 valence electrons. The first-order valence-corrected chi connectivity index (χ1v) is 5.48. The molecule has 6 nitrogen and oxygen atoms in total. The van der Waals surface area contributed by atoms with Gasteiger partial charge in [0.25, 0.3) is 0 Å². The predicted molar refractivity (Wildman–Crippen MR) is 58.8 cm³/mol. The summed E-state index contributed by atoms with van der Waals surface area (Å²) in [6, 6.07) is 0. The van der Waals surface area contributed by atoms with Crippen LogP contribution in [0.5, 0.6) is 0 Å². The summed E-state index contributed by atoms with van der Waals surface area (Å²) in [7, 11) is 0. The molecular formula is C9H8N4O2S. The maximum absolute atomic E-state index is 10.7. The highest BCUT2D eigenvalue weighted by Crippen LogP contribution is 2.42. The summed E-state index contributed by atoms with van der Waals surface area (Å²) in [4.78, 5) is 18.1. The number of hydrogen-bond donors (Lipinski definition) is 1. The number of hydrogen-bond acceptors (Lipinski definition) is 4. The summed E-state index contributed by atoms with van der Waals surface area (Å²) in [6.07, 6.45) is 5.25. The van der Waals surface area contributed by atoms with E-state index in [4.69, 9.17) is 10.6 Å². The Labute approximate surface area is 94.9 Å². The average Bonchev–Trinajstić information content (AvgIpc) is 2.99. The Kier molecular flexibility index (Phi) is 2.89. The summed E-state index contributed by atoms with van der Waals surface area (Å²) in [5.74, 6) is -0.695. The van der Waals surface area contributed by atoms with Gasteiger partial charge in [-0.15, -0.1) is 11.3 Å². The standard InChI is InChI=1S/C9H8N4O2S/c10-13-12-7(9(14)15)3-6-4-11-8(16-6)5-1-2-5/h3-5H,1-2H2,(H,14,15)/b7-3-. The quantitative estimate of drug-likeness (QED) is 0.376. The molecule has 1 heterocycles. The molecule has 1 aromatic heterocycles. The van der Waals surface area contributed by atoms with Gasteiger partial charge in [0.1, 0.15) is 5.70 Å². The molecule has 0 radical (unpaired) electrons. The average molecular weight is 236 g/mol. The Bertz CT molecular complexity index is 493. The number of aliphatic carboxylic acids is 1. The molecule has 0 bridgehead atoms. The fourth-order valence-corrected chi connectivity index (χ4v) is 2.23. The molecule has 0 unspecified atom stereocenters. The molecule has 1 fully saturated rings. The van der Waals surface area contributed by atoms with E-state index < -0.39 is 5.97 Å². The molecule has 0 saturated heterocycles. The molecule has 1 saturated carbocycles. The summed E-state index contributed by atoms with van der Waals surface area (Å²) >= 11 is 1.44. The van der Waals surface area contributed by atoms with Crippen LogP contribution in [-0.2, 0) is 4.79 Å². The van der Waals surface area contributed by atoms with Crippen molar-refractivity contribution in [2.75, 3.05) is 0 Å². The fraction of sp³-hybridized carbons (Fsp3) is 0.333. The van der Waals surface area contributed by atoms with Gasteiger partial charge in [0.15, 0.2) is 0 Å². The van der Waals surface area contributed by atoms with Crippen LogP contribution in [0.2, 0.25) is 0 Å². The number of aromatic nitrogens is 1. The lowest BCUT2D eigenvalue weighted by molar-refractivity contribution is -0.132. The molecule has 1 aliphatic rings. The second-order valence-corrected chi connectivity index (χ2v) is 4.49. The van der Waals surface area contributed by atoms with Gasteiger partial charge >= 0.3 is 5.97 Å². The Morgan fingerprint density at radius 1 is 1.75 bits per heavy atom. The van der Waals surface area contributed by atoms with Crippen LogP contribution in [0.3, 0.4) is 0 Å². The van der Waals surface area contributed by atoms with Crippen LogP contribution >= 0.6 is 11.3 Å². The summed E-state index contributed by atoms with van der Waals surface area (Å²) in [6.45, 7) is 0. The van der Waals surface area contributed by atoms with Crippen molar-refractivity contribution in [2.24, 2.45) is 5.11 Å². The zero-order valence-electron chi connectivity index (χ0n) is 8.20. The Morgan fingerprint density at radius 3 is 3.06 bits per heavy atom. The van der Waals surface area contributed by atoms with Gasteiger partial charge < -0.3 is 5.11 Å². The van der Waals surface area contributed by atoms with E-state index >= 15 is 0 Å². The number of carboxylic acids is 1. The number of carbonyl (C=O) groups is 1. The predicted octanol–water partition coefficient (Wildman–Crippen LogP) is 2.76. The monoisotopic (exact) mass is 236 g/mol. The van der Waals surface area contributed by atoms with Crippen molar-refractivity contribution in [3.8, 4) is 0 Å². The van der Waals surface area contributed by atoms with Gasteiger partial charge in [0.05, 0.1) is 5.01 Å². The third-order valence-corrected chi connectivity index (χ3v) is 3.23. The maximum atomic E-state index is 10.7. The molecule has 16 heavy (non-hydrogen) atoms. The van der Waals surface area contributed by atoms with Crippen molar-refractivity contribution < 1.29 is 9.90 Å². The van der Waals surface area contributed by atoms with Gasteiger partial charge in [-0.2, -0.15) is 0 Å². The lowest BCUT2D eigenvalue weighted by Crippen LogP contribution is -1.95. The lowest BCUT2D eigenvalue weighted by atomic mass is 10.4. The van der Waals surface area contributed by atoms with E-state index in [1.165, 1.54) is 17.4 Å². The summed E-state index contributed by atoms with van der Waals surface area (Å²) in [5.41, 5.74) is 7.90. The largest absolute Gasteiger partial charge is 0.478 e. The van der Waals surface area contributed by atoms with Gasteiger partial charge in [0.2, 0.25) is 0 Å². The molecule has 0 aliphatic heterocycles. The van der Waals surface area contributed by atoms with Crippen LogP contribution < -0.4 is 0 Å². The first-order valence-electron chi connectivity index (χ1n) is 4.66. The smallest absolute Gasteiger partial charge is 0.338 e. The Balaban J connectivity index is 2.24. The molecule has 1 aliphatic carbocycles. The Morgan fingerprint density at radius 2 is 2.50 bits per heavy atom. The Hall–Kier alpha value is -1.85. The molecular weight excluding hydrogens is 228 g/mol. The first kappa shape index (κ1) is 10.7. The van der Waals surface area contributed by atoms with E-state index in [0.29, 0.717) is 10.8 Å². The van der Waals surface area contributed by atoms with Gasteiger partial charge in [-0.1, -0.05) is 5.11 Å². The van der Waals surface area contributed by atoms with Crippen LogP contribution in [0, 0.1) is 0 Å². The molecule has 0 amide bonds. The van der Waals surface area contributed by atoms with Gasteiger partial charge in [0, 0.05) is 21.9 Å². The zero-order chi connectivity index (χ0) is 11.5. The molecule has 2 rings (SSSR count). The number of azide groups is 1.